The maximum absolute atomic E-state index is 12.4. The molecule has 2 fully saturated rings. The Morgan fingerprint density at radius 2 is 1.75 bits per heavy atom. The highest BCUT2D eigenvalue weighted by molar-refractivity contribution is 6.04. The van der Waals surface area contributed by atoms with E-state index < -0.39 is 6.04 Å². The average molecular weight is 272 g/mol. The van der Waals surface area contributed by atoms with Crippen LogP contribution in [0.15, 0.2) is 30.3 Å². The van der Waals surface area contributed by atoms with E-state index in [-0.39, 0.29) is 11.9 Å². The maximum Gasteiger partial charge on any atom is 0.325 e. The van der Waals surface area contributed by atoms with Crippen LogP contribution in [0, 0.1) is 5.92 Å². The van der Waals surface area contributed by atoms with Gasteiger partial charge in [-0.3, -0.25) is 9.69 Å². The average Bonchev–Trinajstić information content (AvgIpc) is 2.77. The molecular formula is C16H20N2O2. The third kappa shape index (κ3) is 2.55. The predicted octanol–water partition coefficient (Wildman–Crippen LogP) is 2.86. The van der Waals surface area contributed by atoms with Crippen LogP contribution in [0.2, 0.25) is 0 Å². The highest BCUT2D eigenvalue weighted by Gasteiger charge is 2.39. The smallest absolute Gasteiger partial charge is 0.322 e. The van der Waals surface area contributed by atoms with Crippen LogP contribution < -0.4 is 5.32 Å². The fraction of sp³-hybridized carbons (Fsp3) is 0.500. The van der Waals surface area contributed by atoms with Crippen LogP contribution >= 0.6 is 0 Å². The molecule has 4 nitrogen and oxygen atoms in total. The number of urea groups is 1. The summed E-state index contributed by atoms with van der Waals surface area (Å²) in [4.78, 5) is 25.9. The van der Waals surface area contributed by atoms with E-state index in [0.29, 0.717) is 12.5 Å². The normalized spacial score (nSPS) is 24.0. The van der Waals surface area contributed by atoms with Crippen LogP contribution in [0.3, 0.4) is 0 Å². The molecule has 1 saturated carbocycles. The molecule has 3 rings (SSSR count). The van der Waals surface area contributed by atoms with Crippen LogP contribution in [0.25, 0.3) is 0 Å². The van der Waals surface area contributed by atoms with Crippen LogP contribution in [0.5, 0.6) is 0 Å². The molecule has 0 radical (unpaired) electrons. The van der Waals surface area contributed by atoms with Gasteiger partial charge < -0.3 is 5.32 Å². The van der Waals surface area contributed by atoms with Gasteiger partial charge in [0, 0.05) is 6.54 Å². The quantitative estimate of drug-likeness (QED) is 0.860. The Labute approximate surface area is 119 Å². The first-order chi connectivity index (χ1) is 9.75. The number of carbonyl (C=O) groups excluding carboxylic acids is 2. The van der Waals surface area contributed by atoms with Crippen molar-refractivity contribution in [1.29, 1.82) is 0 Å². The summed E-state index contributed by atoms with van der Waals surface area (Å²) >= 11 is 0. The lowest BCUT2D eigenvalue weighted by Crippen LogP contribution is -2.36. The summed E-state index contributed by atoms with van der Waals surface area (Å²) in [5, 5.41) is 2.80. The Balaban J connectivity index is 1.70. The van der Waals surface area contributed by atoms with Crippen LogP contribution in [-0.4, -0.2) is 23.4 Å². The number of imide groups is 1. The summed E-state index contributed by atoms with van der Waals surface area (Å²) in [5.41, 5.74) is 0.858. The Kier molecular flexibility index (Phi) is 3.72. The summed E-state index contributed by atoms with van der Waals surface area (Å²) in [5.74, 6) is 0.375. The highest BCUT2D eigenvalue weighted by Crippen LogP contribution is 2.28. The van der Waals surface area contributed by atoms with E-state index in [1.54, 1.807) is 0 Å². The Hall–Kier alpha value is -1.84. The maximum atomic E-state index is 12.4. The van der Waals surface area contributed by atoms with Crippen LogP contribution in [-0.2, 0) is 4.79 Å². The van der Waals surface area contributed by atoms with Gasteiger partial charge in [0.05, 0.1) is 0 Å². The van der Waals surface area contributed by atoms with E-state index in [2.05, 4.69) is 5.32 Å². The highest BCUT2D eigenvalue weighted by atomic mass is 16.2. The minimum atomic E-state index is -0.507. The molecule has 0 bridgehead atoms. The largest absolute Gasteiger partial charge is 0.325 e. The first kappa shape index (κ1) is 13.2. The summed E-state index contributed by atoms with van der Waals surface area (Å²) in [6.07, 6.45) is 5.98. The van der Waals surface area contributed by atoms with Gasteiger partial charge in [-0.05, 0) is 24.3 Å². The van der Waals surface area contributed by atoms with Crippen molar-refractivity contribution < 1.29 is 9.59 Å². The number of hydrogen-bond acceptors (Lipinski definition) is 2. The van der Waals surface area contributed by atoms with E-state index in [4.69, 9.17) is 0 Å². The zero-order valence-corrected chi connectivity index (χ0v) is 11.5. The number of hydrogen-bond donors (Lipinski definition) is 1. The predicted molar refractivity (Wildman–Crippen MR) is 76.0 cm³/mol. The summed E-state index contributed by atoms with van der Waals surface area (Å²) in [6.45, 7) is 0.577. The molecule has 0 spiro atoms. The molecule has 0 unspecified atom stereocenters. The lowest BCUT2D eigenvalue weighted by atomic mass is 9.89. The molecular weight excluding hydrogens is 252 g/mol. The minimum Gasteiger partial charge on any atom is -0.322 e. The topological polar surface area (TPSA) is 49.4 Å². The molecule has 106 valence electrons. The van der Waals surface area contributed by atoms with Gasteiger partial charge in [0.25, 0.3) is 5.91 Å². The molecule has 1 aliphatic carbocycles. The summed E-state index contributed by atoms with van der Waals surface area (Å²) < 4.78 is 0. The molecule has 0 aromatic heterocycles. The monoisotopic (exact) mass is 272 g/mol. The zero-order chi connectivity index (χ0) is 13.9. The number of nitrogens with one attached hydrogen (secondary N) is 1. The zero-order valence-electron chi connectivity index (χ0n) is 11.5. The Bertz CT molecular complexity index is 494. The molecule has 20 heavy (non-hydrogen) atoms. The van der Waals surface area contributed by atoms with Gasteiger partial charge in [-0.1, -0.05) is 49.6 Å². The van der Waals surface area contributed by atoms with E-state index in [9.17, 15) is 9.59 Å². The first-order valence-corrected chi connectivity index (χ1v) is 7.42. The molecule has 3 amide bonds. The van der Waals surface area contributed by atoms with Gasteiger partial charge in [-0.15, -0.1) is 0 Å². The number of rotatable bonds is 3. The van der Waals surface area contributed by atoms with Gasteiger partial charge in [0.1, 0.15) is 6.04 Å². The molecule has 4 heteroatoms. The van der Waals surface area contributed by atoms with Crippen molar-refractivity contribution in [3.63, 3.8) is 0 Å². The van der Waals surface area contributed by atoms with E-state index >= 15 is 0 Å². The van der Waals surface area contributed by atoms with Crippen molar-refractivity contribution in [2.45, 2.75) is 38.1 Å². The number of amides is 3. The molecule has 1 N–H and O–H groups in total. The molecule has 1 saturated heterocycles. The summed E-state index contributed by atoms with van der Waals surface area (Å²) in [6, 6.07) is 8.70. The minimum absolute atomic E-state index is 0.105. The third-order valence-electron chi connectivity index (χ3n) is 4.32. The van der Waals surface area contributed by atoms with E-state index in [1.807, 2.05) is 30.3 Å². The van der Waals surface area contributed by atoms with Gasteiger partial charge in [-0.25, -0.2) is 4.79 Å². The number of nitrogens with zero attached hydrogens (tertiary/aromatic N) is 1. The SMILES string of the molecule is O=C1N[C@H](c2ccccc2)C(=O)N1CC1CCCCC1. The van der Waals surface area contributed by atoms with Crippen molar-refractivity contribution in [3.8, 4) is 0 Å². The molecule has 1 heterocycles. The molecule has 1 aromatic carbocycles. The molecule has 2 aliphatic rings. The van der Waals surface area contributed by atoms with Crippen LogP contribution in [0.4, 0.5) is 4.79 Å². The first-order valence-electron chi connectivity index (χ1n) is 7.42. The number of benzene rings is 1. The molecule has 1 aromatic rings. The van der Waals surface area contributed by atoms with Gasteiger partial charge in [0.15, 0.2) is 0 Å². The second-order valence-corrected chi connectivity index (χ2v) is 5.75. The lowest BCUT2D eigenvalue weighted by molar-refractivity contribution is -0.128. The second kappa shape index (κ2) is 5.65. The van der Waals surface area contributed by atoms with Crippen molar-refractivity contribution >= 4 is 11.9 Å². The van der Waals surface area contributed by atoms with E-state index in [0.717, 1.165) is 18.4 Å². The fourth-order valence-electron chi connectivity index (χ4n) is 3.19. The van der Waals surface area contributed by atoms with Crippen molar-refractivity contribution in [2.24, 2.45) is 5.92 Å². The second-order valence-electron chi connectivity index (χ2n) is 5.75. The van der Waals surface area contributed by atoms with Gasteiger partial charge in [0.2, 0.25) is 0 Å². The molecule has 1 aliphatic heterocycles. The third-order valence-corrected chi connectivity index (χ3v) is 4.32. The van der Waals surface area contributed by atoms with Gasteiger partial charge in [-0.2, -0.15) is 0 Å². The standard InChI is InChI=1S/C16H20N2O2/c19-15-14(13-9-5-2-6-10-13)17-16(20)18(15)11-12-7-3-1-4-8-12/h2,5-6,9-10,12,14H,1,3-4,7-8,11H2,(H,17,20)/t14-/m1/s1. The molecule has 1 atom stereocenters. The number of carbonyl (C=O) groups is 2. The van der Waals surface area contributed by atoms with Crippen LogP contribution in [0.1, 0.15) is 43.7 Å². The van der Waals surface area contributed by atoms with Crippen molar-refractivity contribution in [3.05, 3.63) is 35.9 Å². The van der Waals surface area contributed by atoms with Crippen molar-refractivity contribution in [1.82, 2.24) is 10.2 Å². The Morgan fingerprint density at radius 3 is 2.45 bits per heavy atom. The summed E-state index contributed by atoms with van der Waals surface area (Å²) in [7, 11) is 0. The lowest BCUT2D eigenvalue weighted by Gasteiger charge is -2.25. The fourth-order valence-corrected chi connectivity index (χ4v) is 3.19. The van der Waals surface area contributed by atoms with Crippen molar-refractivity contribution in [2.75, 3.05) is 6.54 Å². The van der Waals surface area contributed by atoms with Gasteiger partial charge >= 0.3 is 6.03 Å². The Morgan fingerprint density at radius 1 is 1.05 bits per heavy atom. The van der Waals surface area contributed by atoms with E-state index in [1.165, 1.54) is 24.2 Å².